The molecule has 0 amide bonds. The topological polar surface area (TPSA) is 55.6 Å². The highest BCUT2D eigenvalue weighted by molar-refractivity contribution is 7.71. The van der Waals surface area contributed by atoms with Crippen LogP contribution in [0.3, 0.4) is 0 Å². The van der Waals surface area contributed by atoms with Gasteiger partial charge in [0.25, 0.3) is 5.56 Å². The van der Waals surface area contributed by atoms with Gasteiger partial charge in [-0.3, -0.25) is 9.89 Å². The van der Waals surface area contributed by atoms with Gasteiger partial charge in [-0.25, -0.2) is 0 Å². The molecule has 0 aromatic carbocycles. The lowest BCUT2D eigenvalue weighted by atomic mass is 10.1. The Labute approximate surface area is 128 Å². The van der Waals surface area contributed by atoms with Crippen molar-refractivity contribution in [1.82, 2.24) is 19.3 Å². The molecular weight excluding hydrogens is 284 g/mol. The molecule has 6 heteroatoms. The first-order chi connectivity index (χ1) is 9.99. The summed E-state index contributed by atoms with van der Waals surface area (Å²) in [5, 5.41) is 6.98. The molecule has 1 N–H and O–H groups in total. The minimum Gasteiger partial charge on any atom is -0.311 e. The van der Waals surface area contributed by atoms with Crippen molar-refractivity contribution in [3.8, 4) is 11.4 Å². The number of H-pyrrole nitrogens is 1. The fourth-order valence-electron chi connectivity index (χ4n) is 3.03. The average Bonchev–Trinajstić information content (AvgIpc) is 3.01. The first-order valence-corrected chi connectivity index (χ1v) is 7.77. The number of hydrogen-bond acceptors (Lipinski definition) is 3. The number of hydrogen-bond donors (Lipinski definition) is 1. The molecule has 0 unspecified atom stereocenters. The van der Waals surface area contributed by atoms with Gasteiger partial charge in [0.05, 0.1) is 5.56 Å². The summed E-state index contributed by atoms with van der Waals surface area (Å²) in [4.78, 5) is 12.9. The van der Waals surface area contributed by atoms with Crippen molar-refractivity contribution in [3.63, 3.8) is 0 Å². The van der Waals surface area contributed by atoms with Crippen molar-refractivity contribution in [1.29, 1.82) is 0 Å². The van der Waals surface area contributed by atoms with Crippen LogP contribution in [0, 0.1) is 10.7 Å². The second kappa shape index (κ2) is 5.26. The van der Waals surface area contributed by atoms with Gasteiger partial charge in [0.2, 0.25) is 0 Å². The number of pyridine rings is 1. The Morgan fingerprint density at radius 2 is 2.19 bits per heavy atom. The van der Waals surface area contributed by atoms with Crippen LogP contribution >= 0.6 is 12.2 Å². The van der Waals surface area contributed by atoms with Crippen molar-refractivity contribution in [3.05, 3.63) is 32.4 Å². The molecular formula is C15H20N4OS. The lowest BCUT2D eigenvalue weighted by Crippen LogP contribution is -2.27. The van der Waals surface area contributed by atoms with Crippen molar-refractivity contribution >= 4 is 12.2 Å². The molecule has 0 atom stereocenters. The number of nitrogens with zero attached hydrogens (tertiary/aromatic N) is 3. The lowest BCUT2D eigenvalue weighted by Gasteiger charge is -2.16. The largest absolute Gasteiger partial charge is 0.311 e. The van der Waals surface area contributed by atoms with E-state index in [9.17, 15) is 4.79 Å². The predicted octanol–water partition coefficient (Wildman–Crippen LogP) is 2.45. The summed E-state index contributed by atoms with van der Waals surface area (Å²) in [7, 11) is 1.83. The predicted molar refractivity (Wildman–Crippen MR) is 85.0 cm³/mol. The summed E-state index contributed by atoms with van der Waals surface area (Å²) in [6, 6.07) is 2.01. The number of aryl methyl sites for hydroxylation is 1. The molecule has 2 aromatic heterocycles. The third kappa shape index (κ3) is 2.37. The average molecular weight is 304 g/mol. The maximum absolute atomic E-state index is 12.9. The number of nitrogens with one attached hydrogen (secondary N) is 1. The molecule has 0 spiro atoms. The second-order valence-corrected chi connectivity index (χ2v) is 6.49. The van der Waals surface area contributed by atoms with E-state index in [1.54, 1.807) is 4.57 Å². The Balaban J connectivity index is 2.25. The Bertz CT molecular complexity index is 797. The van der Waals surface area contributed by atoms with Gasteiger partial charge in [-0.1, -0.05) is 13.8 Å². The maximum atomic E-state index is 12.9. The van der Waals surface area contributed by atoms with Crippen LogP contribution in [0.15, 0.2) is 10.9 Å². The molecule has 0 fully saturated rings. The van der Waals surface area contributed by atoms with Crippen LogP contribution < -0.4 is 5.56 Å². The monoisotopic (exact) mass is 304 g/mol. The molecule has 2 heterocycles. The molecule has 3 rings (SSSR count). The number of rotatable bonds is 3. The Kier molecular flexibility index (Phi) is 3.57. The Morgan fingerprint density at radius 1 is 1.43 bits per heavy atom. The van der Waals surface area contributed by atoms with Gasteiger partial charge in [0.15, 0.2) is 10.6 Å². The van der Waals surface area contributed by atoms with E-state index < -0.39 is 0 Å². The van der Waals surface area contributed by atoms with Crippen molar-refractivity contribution in [2.24, 2.45) is 13.0 Å². The maximum Gasteiger partial charge on any atom is 0.261 e. The first-order valence-electron chi connectivity index (χ1n) is 7.36. The fourth-order valence-corrected chi connectivity index (χ4v) is 3.16. The van der Waals surface area contributed by atoms with Crippen LogP contribution in [-0.2, 0) is 26.4 Å². The van der Waals surface area contributed by atoms with Gasteiger partial charge < -0.3 is 9.13 Å². The lowest BCUT2D eigenvalue weighted by molar-refractivity contribution is 0.498. The zero-order chi connectivity index (χ0) is 15.1. The highest BCUT2D eigenvalue weighted by atomic mass is 32.1. The SMILES string of the molecule is CC(C)Cn1c2c(cc(-c3n[nH]c(=S)n3C)c1=O)CCC2. The summed E-state index contributed by atoms with van der Waals surface area (Å²) in [5.41, 5.74) is 3.17. The van der Waals surface area contributed by atoms with Gasteiger partial charge in [-0.05, 0) is 49.0 Å². The third-order valence-electron chi connectivity index (χ3n) is 4.02. The fraction of sp³-hybridized carbons (Fsp3) is 0.533. The van der Waals surface area contributed by atoms with Gasteiger partial charge in [-0.2, -0.15) is 5.10 Å². The van der Waals surface area contributed by atoms with Crippen molar-refractivity contribution in [2.45, 2.75) is 39.7 Å². The summed E-state index contributed by atoms with van der Waals surface area (Å²) in [5.74, 6) is 1.06. The zero-order valence-corrected chi connectivity index (χ0v) is 13.5. The molecule has 2 aromatic rings. The number of aromatic nitrogens is 4. The van der Waals surface area contributed by atoms with E-state index >= 15 is 0 Å². The highest BCUT2D eigenvalue weighted by Crippen LogP contribution is 2.25. The molecule has 0 aliphatic heterocycles. The quantitative estimate of drug-likeness (QED) is 0.886. The van der Waals surface area contributed by atoms with Gasteiger partial charge in [0.1, 0.15) is 0 Å². The molecule has 1 aliphatic carbocycles. The molecule has 0 saturated heterocycles. The Morgan fingerprint density at radius 3 is 2.81 bits per heavy atom. The van der Waals surface area contributed by atoms with E-state index in [4.69, 9.17) is 12.2 Å². The van der Waals surface area contributed by atoms with Crippen LogP contribution in [0.5, 0.6) is 0 Å². The molecule has 0 radical (unpaired) electrons. The van der Waals surface area contributed by atoms with Crippen LogP contribution in [0.1, 0.15) is 31.5 Å². The molecule has 0 saturated carbocycles. The van der Waals surface area contributed by atoms with Crippen molar-refractivity contribution < 1.29 is 0 Å². The molecule has 1 aliphatic rings. The minimum absolute atomic E-state index is 0.0430. The van der Waals surface area contributed by atoms with Crippen LogP contribution in [0.4, 0.5) is 0 Å². The summed E-state index contributed by atoms with van der Waals surface area (Å²) >= 11 is 5.16. The minimum atomic E-state index is 0.0430. The summed E-state index contributed by atoms with van der Waals surface area (Å²) in [6.45, 7) is 5.02. The van der Waals surface area contributed by atoms with Gasteiger partial charge in [0, 0.05) is 19.3 Å². The molecule has 112 valence electrons. The van der Waals surface area contributed by atoms with E-state index in [0.717, 1.165) is 25.8 Å². The van der Waals surface area contributed by atoms with E-state index in [2.05, 4.69) is 24.0 Å². The molecule has 21 heavy (non-hydrogen) atoms. The van der Waals surface area contributed by atoms with E-state index in [-0.39, 0.29) is 5.56 Å². The normalized spacial score (nSPS) is 13.9. The molecule has 0 bridgehead atoms. The second-order valence-electron chi connectivity index (χ2n) is 6.10. The van der Waals surface area contributed by atoms with Crippen LogP contribution in [0.2, 0.25) is 0 Å². The zero-order valence-electron chi connectivity index (χ0n) is 12.6. The van der Waals surface area contributed by atoms with E-state index in [1.807, 2.05) is 17.7 Å². The Hall–Kier alpha value is -1.69. The standard InChI is InChI=1S/C15H20N4OS/c1-9(2)8-19-12-6-4-5-10(12)7-11(14(19)20)13-16-17-15(21)18(13)3/h7,9H,4-6,8H2,1-3H3,(H,17,21). The first kappa shape index (κ1) is 14.3. The number of aromatic amines is 1. The van der Waals surface area contributed by atoms with Crippen LogP contribution in [-0.4, -0.2) is 19.3 Å². The van der Waals surface area contributed by atoms with E-state index in [1.165, 1.54) is 11.3 Å². The van der Waals surface area contributed by atoms with E-state index in [0.29, 0.717) is 22.1 Å². The van der Waals surface area contributed by atoms with Crippen LogP contribution in [0.25, 0.3) is 11.4 Å². The number of fused-ring (bicyclic) bond motifs is 1. The van der Waals surface area contributed by atoms with Crippen molar-refractivity contribution in [2.75, 3.05) is 0 Å². The third-order valence-corrected chi connectivity index (χ3v) is 4.38. The highest BCUT2D eigenvalue weighted by Gasteiger charge is 2.22. The summed E-state index contributed by atoms with van der Waals surface area (Å²) in [6.07, 6.45) is 3.15. The summed E-state index contributed by atoms with van der Waals surface area (Å²) < 4.78 is 4.23. The van der Waals surface area contributed by atoms with Gasteiger partial charge >= 0.3 is 0 Å². The van der Waals surface area contributed by atoms with Gasteiger partial charge in [-0.15, -0.1) is 0 Å². The molecule has 5 nitrogen and oxygen atoms in total. The smallest absolute Gasteiger partial charge is 0.261 e.